The second-order valence-corrected chi connectivity index (χ2v) is 3.15. The zero-order chi connectivity index (χ0) is 8.10. The lowest BCUT2D eigenvalue weighted by atomic mass is 10.0. The van der Waals surface area contributed by atoms with Gasteiger partial charge in [0.2, 0.25) is 0 Å². The van der Waals surface area contributed by atoms with Crippen LogP contribution in [0.5, 0.6) is 0 Å². The maximum Gasteiger partial charge on any atom is 0.396 e. The summed E-state index contributed by atoms with van der Waals surface area (Å²) in [5.41, 5.74) is 0. The van der Waals surface area contributed by atoms with Crippen molar-refractivity contribution in [2.45, 2.75) is 13.3 Å². The molecule has 0 aliphatic carbocycles. The number of rotatable bonds is 4. The monoisotopic (exact) mass is 171 g/mol. The molecule has 0 saturated heterocycles. The molecule has 11 heavy (non-hydrogen) atoms. The molecule has 3 nitrogen and oxygen atoms in total. The predicted octanol–water partition coefficient (Wildman–Crippen LogP) is 0.976. The third-order valence-electron chi connectivity index (χ3n) is 1.24. The lowest BCUT2D eigenvalue weighted by Gasteiger charge is -1.90. The van der Waals surface area contributed by atoms with E-state index in [0.29, 0.717) is 0 Å². The minimum Gasteiger partial charge on any atom is -0.274 e. The molecule has 1 heterocycles. The molecule has 5 heteroatoms. The summed E-state index contributed by atoms with van der Waals surface area (Å²) < 4.78 is 0.927. The van der Waals surface area contributed by atoms with Crippen LogP contribution in [-0.4, -0.2) is 12.7 Å². The third kappa shape index (κ3) is 2.63. The molecule has 0 fully saturated rings. The van der Waals surface area contributed by atoms with Crippen LogP contribution in [0.15, 0.2) is 12.1 Å². The van der Waals surface area contributed by atoms with E-state index < -0.39 is 0 Å². The van der Waals surface area contributed by atoms with Crippen molar-refractivity contribution in [3.05, 3.63) is 17.0 Å². The van der Waals surface area contributed by atoms with Crippen LogP contribution in [0.4, 0.5) is 0 Å². The lowest BCUT2D eigenvalue weighted by Crippen LogP contribution is -2.12. The minimum atomic E-state index is 0.927. The second-order valence-electron chi connectivity index (χ2n) is 1.95. The Morgan fingerprint density at radius 2 is 2.45 bits per heavy atom. The molecule has 59 valence electrons. The van der Waals surface area contributed by atoms with E-state index in [1.807, 2.05) is 12.1 Å². The van der Waals surface area contributed by atoms with Gasteiger partial charge in [-0.15, -0.1) is 0 Å². The van der Waals surface area contributed by atoms with Crippen LogP contribution in [0, 0.1) is 0 Å². The van der Waals surface area contributed by atoms with Crippen LogP contribution in [0.2, 0.25) is 0 Å². The highest BCUT2D eigenvalue weighted by Crippen LogP contribution is 2.05. The third-order valence-corrected chi connectivity index (χ3v) is 2.39. The highest BCUT2D eigenvalue weighted by atomic mass is 32.1. The molecule has 0 amide bonds. The largest absolute Gasteiger partial charge is 0.396 e. The van der Waals surface area contributed by atoms with E-state index in [2.05, 4.69) is 16.8 Å². The van der Waals surface area contributed by atoms with E-state index >= 15 is 0 Å². The van der Waals surface area contributed by atoms with Gasteiger partial charge in [-0.3, -0.25) is 4.81 Å². The molecule has 1 radical (unpaired) electrons. The second kappa shape index (κ2) is 4.51. The van der Waals surface area contributed by atoms with Crippen LogP contribution in [-0.2, 0) is 16.3 Å². The van der Waals surface area contributed by atoms with Crippen LogP contribution in [0.3, 0.4) is 0 Å². The summed E-state index contributed by atoms with van der Waals surface area (Å²) in [6, 6.07) is 3.92. The van der Waals surface area contributed by atoms with Gasteiger partial charge in [0.1, 0.15) is 0 Å². The summed E-state index contributed by atoms with van der Waals surface area (Å²) in [4.78, 5) is 5.49. The van der Waals surface area contributed by atoms with E-state index in [1.165, 1.54) is 12.4 Å². The van der Waals surface area contributed by atoms with Crippen LogP contribution < -0.4 is 4.78 Å². The van der Waals surface area contributed by atoms with E-state index in [1.54, 1.807) is 11.3 Å². The Labute approximate surface area is 69.7 Å². The summed E-state index contributed by atoms with van der Waals surface area (Å²) in [6.07, 6.45) is 1.01. The van der Waals surface area contributed by atoms with Crippen molar-refractivity contribution >= 4 is 23.6 Å². The molecule has 1 rings (SSSR count). The number of hydrogen-bond acceptors (Lipinski definition) is 4. The summed E-state index contributed by atoms with van der Waals surface area (Å²) in [5.74, 6) is 0. The molecule has 0 unspecified atom stereocenters. The molecular weight excluding hydrogens is 163 g/mol. The van der Waals surface area contributed by atoms with Gasteiger partial charge in [0.25, 0.3) is 0 Å². The molecular formula is C6H8BO3S. The fourth-order valence-electron chi connectivity index (χ4n) is 0.717. The standard InChI is InChI=1S/C6H8BO3S/c1-2-5-3-4-6(11-5)7-9-10-8/h3-4,8H,2H2,1H3. The first kappa shape index (κ1) is 8.74. The van der Waals surface area contributed by atoms with Crippen molar-refractivity contribution in [3.63, 3.8) is 0 Å². The zero-order valence-corrected chi connectivity index (χ0v) is 6.93. The highest BCUT2D eigenvalue weighted by Gasteiger charge is 2.01. The van der Waals surface area contributed by atoms with Crippen molar-refractivity contribution in [1.29, 1.82) is 0 Å². The molecule has 0 saturated carbocycles. The average Bonchev–Trinajstić information content (AvgIpc) is 2.48. The fraction of sp³-hybridized carbons (Fsp3) is 0.333. The Morgan fingerprint density at radius 1 is 1.64 bits per heavy atom. The molecule has 0 spiro atoms. The maximum atomic E-state index is 7.84. The van der Waals surface area contributed by atoms with Gasteiger partial charge in [-0.25, -0.2) is 5.26 Å². The number of hydrogen-bond donors (Lipinski definition) is 1. The van der Waals surface area contributed by atoms with Gasteiger partial charge in [0.05, 0.1) is 0 Å². The van der Waals surface area contributed by atoms with E-state index in [0.717, 1.165) is 11.2 Å². The van der Waals surface area contributed by atoms with Crippen molar-refractivity contribution in [1.82, 2.24) is 0 Å². The quantitative estimate of drug-likeness (QED) is 0.416. The van der Waals surface area contributed by atoms with Crippen molar-refractivity contribution in [2.24, 2.45) is 0 Å². The minimum absolute atomic E-state index is 0.927. The van der Waals surface area contributed by atoms with Crippen LogP contribution in [0.25, 0.3) is 0 Å². The molecule has 0 aliphatic heterocycles. The van der Waals surface area contributed by atoms with Crippen molar-refractivity contribution < 1.29 is 15.1 Å². The average molecular weight is 171 g/mol. The fourth-order valence-corrected chi connectivity index (χ4v) is 1.52. The van der Waals surface area contributed by atoms with E-state index in [-0.39, 0.29) is 0 Å². The van der Waals surface area contributed by atoms with Crippen molar-refractivity contribution in [3.8, 4) is 0 Å². The van der Waals surface area contributed by atoms with Gasteiger partial charge >= 0.3 is 7.48 Å². The van der Waals surface area contributed by atoms with Gasteiger partial charge in [-0.1, -0.05) is 18.0 Å². The van der Waals surface area contributed by atoms with Gasteiger partial charge in [-0.05, 0) is 12.5 Å². The molecule has 0 aliphatic rings. The first-order chi connectivity index (χ1) is 5.36. The molecule has 0 aromatic carbocycles. The number of thiophene rings is 1. The topological polar surface area (TPSA) is 38.7 Å². The smallest absolute Gasteiger partial charge is 0.274 e. The Hall–Kier alpha value is -0.355. The Morgan fingerprint density at radius 3 is 3.00 bits per heavy atom. The summed E-state index contributed by atoms with van der Waals surface area (Å²) >= 11 is 1.60. The molecule has 1 aromatic rings. The number of aryl methyl sites for hydroxylation is 1. The Balaban J connectivity index is 2.44. The van der Waals surface area contributed by atoms with Crippen LogP contribution >= 0.6 is 11.3 Å². The molecule has 1 N–H and O–H groups in total. The molecule has 0 atom stereocenters. The molecule has 1 aromatic heterocycles. The first-order valence-electron chi connectivity index (χ1n) is 3.25. The predicted molar refractivity (Wildman–Crippen MR) is 43.9 cm³/mol. The Bertz CT molecular complexity index is 213. The molecule has 0 bridgehead atoms. The van der Waals surface area contributed by atoms with Crippen molar-refractivity contribution in [2.75, 3.05) is 0 Å². The highest BCUT2D eigenvalue weighted by molar-refractivity contribution is 7.21. The summed E-state index contributed by atoms with van der Waals surface area (Å²) in [5, 5.41) is 11.3. The summed E-state index contributed by atoms with van der Waals surface area (Å²) in [7, 11) is 1.35. The van der Waals surface area contributed by atoms with Crippen LogP contribution in [0.1, 0.15) is 11.8 Å². The SMILES string of the molecule is CCc1ccc([B]OOO)s1. The summed E-state index contributed by atoms with van der Waals surface area (Å²) in [6.45, 7) is 2.08. The normalized spacial score (nSPS) is 10.0. The van der Waals surface area contributed by atoms with Gasteiger partial charge in [-0.2, -0.15) is 11.3 Å². The zero-order valence-electron chi connectivity index (χ0n) is 6.11. The van der Waals surface area contributed by atoms with E-state index in [4.69, 9.17) is 5.26 Å². The first-order valence-corrected chi connectivity index (χ1v) is 4.07. The van der Waals surface area contributed by atoms with Gasteiger partial charge < -0.3 is 0 Å². The lowest BCUT2D eigenvalue weighted by molar-refractivity contribution is -0.441. The Kier molecular flexibility index (Phi) is 3.58. The van der Waals surface area contributed by atoms with Gasteiger partial charge in [0, 0.05) is 9.65 Å². The maximum absolute atomic E-state index is 7.84. The van der Waals surface area contributed by atoms with Gasteiger partial charge in [0.15, 0.2) is 0 Å². The van der Waals surface area contributed by atoms with E-state index in [9.17, 15) is 0 Å².